The van der Waals surface area contributed by atoms with Crippen molar-refractivity contribution in [3.8, 4) is 0 Å². The van der Waals surface area contributed by atoms with Gasteiger partial charge < -0.3 is 14.4 Å². The molecule has 0 bridgehead atoms. The number of ether oxygens (including phenoxy) is 1. The molecule has 0 aliphatic carbocycles. The van der Waals surface area contributed by atoms with Gasteiger partial charge in [0, 0.05) is 18.9 Å². The Balaban J connectivity index is 1.90. The van der Waals surface area contributed by atoms with Crippen LogP contribution in [0.25, 0.3) is 0 Å². The van der Waals surface area contributed by atoms with Crippen molar-refractivity contribution < 1.29 is 14.4 Å². The van der Waals surface area contributed by atoms with E-state index < -0.39 is 0 Å². The van der Waals surface area contributed by atoms with Crippen LogP contribution in [0.1, 0.15) is 43.8 Å². The minimum Gasteiger partial charge on any atom is -0.393 e. The highest BCUT2D eigenvalue weighted by Crippen LogP contribution is 2.23. The Kier molecular flexibility index (Phi) is 3.90. The third-order valence-corrected chi connectivity index (χ3v) is 2.79. The largest absolute Gasteiger partial charge is 0.393 e. The zero-order chi connectivity index (χ0) is 11.4. The van der Waals surface area contributed by atoms with Crippen molar-refractivity contribution in [1.29, 1.82) is 0 Å². The normalized spacial score (nSPS) is 23.2. The number of aliphatic hydroxyl groups excluding tert-OH is 1. The highest BCUT2D eigenvalue weighted by molar-refractivity contribution is 4.96. The Morgan fingerprint density at radius 2 is 2.44 bits per heavy atom. The highest BCUT2D eigenvalue weighted by atomic mass is 16.5. The van der Waals surface area contributed by atoms with E-state index in [9.17, 15) is 0 Å². The third kappa shape index (κ3) is 3.02. The predicted octanol–water partition coefficient (Wildman–Crippen LogP) is 1.28. The van der Waals surface area contributed by atoms with Crippen molar-refractivity contribution in [2.75, 3.05) is 13.2 Å². The van der Waals surface area contributed by atoms with Crippen molar-refractivity contribution in [3.05, 3.63) is 11.7 Å². The molecule has 0 aromatic carbocycles. The van der Waals surface area contributed by atoms with E-state index in [4.69, 9.17) is 14.4 Å². The molecular weight excluding hydrogens is 208 g/mol. The fourth-order valence-corrected chi connectivity index (χ4v) is 1.81. The average molecular weight is 226 g/mol. The standard InChI is InChI=1S/C11H18N2O3/c1-8(14)4-5-10-12-11(13-16-10)9-3-2-6-15-7-9/h8-9,14H,2-7H2,1H3. The van der Waals surface area contributed by atoms with Gasteiger partial charge >= 0.3 is 0 Å². The van der Waals surface area contributed by atoms with E-state index in [-0.39, 0.29) is 12.0 Å². The second-order valence-electron chi connectivity index (χ2n) is 4.35. The van der Waals surface area contributed by atoms with Gasteiger partial charge in [0.25, 0.3) is 0 Å². The zero-order valence-electron chi connectivity index (χ0n) is 9.56. The van der Waals surface area contributed by atoms with E-state index in [1.54, 1.807) is 6.92 Å². The maximum Gasteiger partial charge on any atom is 0.226 e. The smallest absolute Gasteiger partial charge is 0.226 e. The van der Waals surface area contributed by atoms with Crippen LogP contribution >= 0.6 is 0 Å². The fourth-order valence-electron chi connectivity index (χ4n) is 1.81. The van der Waals surface area contributed by atoms with E-state index >= 15 is 0 Å². The topological polar surface area (TPSA) is 68.4 Å². The Hall–Kier alpha value is -0.940. The molecule has 2 atom stereocenters. The van der Waals surface area contributed by atoms with Gasteiger partial charge in [0.1, 0.15) is 0 Å². The molecular formula is C11H18N2O3. The average Bonchev–Trinajstić information content (AvgIpc) is 2.76. The van der Waals surface area contributed by atoms with Gasteiger partial charge in [-0.3, -0.25) is 0 Å². The van der Waals surface area contributed by atoms with Gasteiger partial charge in [0.2, 0.25) is 5.89 Å². The first-order valence-corrected chi connectivity index (χ1v) is 5.84. The molecule has 1 aromatic heterocycles. The Bertz CT molecular complexity index is 319. The highest BCUT2D eigenvalue weighted by Gasteiger charge is 2.21. The van der Waals surface area contributed by atoms with Crippen LogP contribution in [-0.4, -0.2) is 34.6 Å². The summed E-state index contributed by atoms with van der Waals surface area (Å²) in [5.74, 6) is 1.64. The second kappa shape index (κ2) is 5.41. The SMILES string of the molecule is CC(O)CCc1nc(C2CCCOC2)no1. The minimum atomic E-state index is -0.326. The van der Waals surface area contributed by atoms with Crippen LogP contribution in [0.4, 0.5) is 0 Å². The molecule has 1 aromatic rings. The van der Waals surface area contributed by atoms with Crippen LogP contribution in [0.15, 0.2) is 4.52 Å². The van der Waals surface area contributed by atoms with Gasteiger partial charge in [0.05, 0.1) is 12.7 Å². The molecule has 1 aliphatic rings. The van der Waals surface area contributed by atoms with E-state index in [0.29, 0.717) is 25.3 Å². The molecule has 0 radical (unpaired) electrons. The van der Waals surface area contributed by atoms with Crippen LogP contribution in [0.3, 0.4) is 0 Å². The number of hydrogen-bond donors (Lipinski definition) is 1. The van der Waals surface area contributed by atoms with Crippen molar-refractivity contribution in [1.82, 2.24) is 10.1 Å². The minimum absolute atomic E-state index is 0.276. The van der Waals surface area contributed by atoms with Gasteiger partial charge in [-0.2, -0.15) is 4.98 Å². The summed E-state index contributed by atoms with van der Waals surface area (Å²) in [6.07, 6.45) is 3.09. The maximum atomic E-state index is 9.16. The molecule has 2 rings (SSSR count). The summed E-state index contributed by atoms with van der Waals surface area (Å²) in [6, 6.07) is 0. The van der Waals surface area contributed by atoms with Gasteiger partial charge in [-0.05, 0) is 26.2 Å². The lowest BCUT2D eigenvalue weighted by atomic mass is 10.0. The van der Waals surface area contributed by atoms with E-state index in [1.807, 2.05) is 0 Å². The molecule has 0 spiro atoms. The van der Waals surface area contributed by atoms with Crippen LogP contribution in [0.5, 0.6) is 0 Å². The summed E-state index contributed by atoms with van der Waals surface area (Å²) < 4.78 is 10.5. The molecule has 1 N–H and O–H groups in total. The van der Waals surface area contributed by atoms with Gasteiger partial charge in [-0.25, -0.2) is 0 Å². The van der Waals surface area contributed by atoms with Crippen molar-refractivity contribution >= 4 is 0 Å². The van der Waals surface area contributed by atoms with Gasteiger partial charge in [0.15, 0.2) is 5.82 Å². The first-order valence-electron chi connectivity index (χ1n) is 5.84. The maximum absolute atomic E-state index is 9.16. The summed E-state index contributed by atoms with van der Waals surface area (Å²) >= 11 is 0. The zero-order valence-corrected chi connectivity index (χ0v) is 9.56. The summed E-state index contributed by atoms with van der Waals surface area (Å²) in [5, 5.41) is 13.1. The molecule has 16 heavy (non-hydrogen) atoms. The predicted molar refractivity (Wildman–Crippen MR) is 57.1 cm³/mol. The van der Waals surface area contributed by atoms with E-state index in [1.165, 1.54) is 0 Å². The van der Waals surface area contributed by atoms with Gasteiger partial charge in [-0.1, -0.05) is 5.16 Å². The van der Waals surface area contributed by atoms with Crippen molar-refractivity contribution in [2.24, 2.45) is 0 Å². The molecule has 5 nitrogen and oxygen atoms in total. The number of aryl methyl sites for hydroxylation is 1. The van der Waals surface area contributed by atoms with E-state index in [0.717, 1.165) is 25.3 Å². The van der Waals surface area contributed by atoms with Crippen LogP contribution in [0.2, 0.25) is 0 Å². The molecule has 90 valence electrons. The molecule has 1 fully saturated rings. The monoisotopic (exact) mass is 226 g/mol. The lowest BCUT2D eigenvalue weighted by Crippen LogP contribution is -2.16. The van der Waals surface area contributed by atoms with Crippen LogP contribution < -0.4 is 0 Å². The quantitative estimate of drug-likeness (QED) is 0.837. The Labute approximate surface area is 94.8 Å². The van der Waals surface area contributed by atoms with E-state index in [2.05, 4.69) is 10.1 Å². The lowest BCUT2D eigenvalue weighted by molar-refractivity contribution is 0.0773. The third-order valence-electron chi connectivity index (χ3n) is 2.79. The molecule has 0 amide bonds. The lowest BCUT2D eigenvalue weighted by Gasteiger charge is -2.18. The summed E-state index contributed by atoms with van der Waals surface area (Å²) in [6.45, 7) is 3.28. The molecule has 0 saturated carbocycles. The second-order valence-corrected chi connectivity index (χ2v) is 4.35. The molecule has 2 heterocycles. The molecule has 1 saturated heterocycles. The number of rotatable bonds is 4. The number of nitrogens with zero attached hydrogens (tertiary/aromatic N) is 2. The Morgan fingerprint density at radius 3 is 3.12 bits per heavy atom. The summed E-state index contributed by atoms with van der Waals surface area (Å²) in [4.78, 5) is 4.34. The summed E-state index contributed by atoms with van der Waals surface area (Å²) in [5.41, 5.74) is 0. The van der Waals surface area contributed by atoms with Crippen LogP contribution in [-0.2, 0) is 11.2 Å². The van der Waals surface area contributed by atoms with Crippen LogP contribution in [0, 0.1) is 0 Å². The molecule has 5 heteroatoms. The summed E-state index contributed by atoms with van der Waals surface area (Å²) in [7, 11) is 0. The molecule has 2 unspecified atom stereocenters. The number of hydrogen-bond acceptors (Lipinski definition) is 5. The first-order chi connectivity index (χ1) is 7.75. The van der Waals surface area contributed by atoms with Crippen molar-refractivity contribution in [2.45, 2.75) is 44.6 Å². The first kappa shape index (κ1) is 11.5. The molecule has 1 aliphatic heterocycles. The fraction of sp³-hybridized carbons (Fsp3) is 0.818. The number of aromatic nitrogens is 2. The number of aliphatic hydroxyl groups is 1. The Morgan fingerprint density at radius 1 is 1.56 bits per heavy atom. The van der Waals surface area contributed by atoms with Gasteiger partial charge in [-0.15, -0.1) is 0 Å². The van der Waals surface area contributed by atoms with Crippen molar-refractivity contribution in [3.63, 3.8) is 0 Å².